The Bertz CT molecular complexity index is 42.9. The quantitative estimate of drug-likeness (QED) is 0.365. The first-order chi connectivity index (χ1) is 2.27. The van der Waals surface area contributed by atoms with Crippen LogP contribution >= 0.6 is 0 Å². The molecule has 0 rings (SSSR count). The van der Waals surface area contributed by atoms with E-state index in [1.165, 1.54) is 6.92 Å². The van der Waals surface area contributed by atoms with Gasteiger partial charge in [0, 0.05) is 6.92 Å². The second-order valence-corrected chi connectivity index (χ2v) is 0.636. The van der Waals surface area contributed by atoms with Crippen molar-refractivity contribution in [2.75, 3.05) is 0 Å². The van der Waals surface area contributed by atoms with Crippen molar-refractivity contribution in [2.24, 2.45) is 0 Å². The van der Waals surface area contributed by atoms with Gasteiger partial charge in [0.15, 0.2) is 0 Å². The zero-order valence-electron chi connectivity index (χ0n) is 3.02. The van der Waals surface area contributed by atoms with Crippen LogP contribution in [0.1, 0.15) is 6.92 Å². The zero-order chi connectivity index (χ0) is 4.28. The summed E-state index contributed by atoms with van der Waals surface area (Å²) in [7, 11) is 0. The molecule has 0 aliphatic carbocycles. The minimum absolute atomic E-state index is 0.356. The van der Waals surface area contributed by atoms with E-state index in [0.717, 1.165) is 0 Å². The lowest BCUT2D eigenvalue weighted by Gasteiger charge is -1.74. The molecule has 3 N–H and O–H groups in total. The second kappa shape index (κ2) is 1.72. The summed E-state index contributed by atoms with van der Waals surface area (Å²) in [5, 5.41) is 0. The van der Waals surface area contributed by atoms with E-state index in [1.54, 1.807) is 0 Å². The Morgan fingerprint density at radius 1 is 2.00 bits per heavy atom. The monoisotopic (exact) mass is 76.0 g/mol. The van der Waals surface area contributed by atoms with Crippen LogP contribution in [0.25, 0.3) is 0 Å². The highest BCUT2D eigenvalue weighted by Crippen LogP contribution is 1.52. The van der Waals surface area contributed by atoms with Gasteiger partial charge >= 0.3 is 5.97 Å². The average Bonchev–Trinajstić information content (AvgIpc) is 1.38. The van der Waals surface area contributed by atoms with Crippen molar-refractivity contribution in [3.8, 4) is 0 Å². The lowest BCUT2D eigenvalue weighted by Crippen LogP contribution is -2.50. The van der Waals surface area contributed by atoms with Gasteiger partial charge in [0.25, 0.3) is 0 Å². The van der Waals surface area contributed by atoms with Gasteiger partial charge in [0.2, 0.25) is 0 Å². The van der Waals surface area contributed by atoms with Crippen LogP contribution in [0.4, 0.5) is 0 Å². The Kier molecular flexibility index (Phi) is 1.53. The van der Waals surface area contributed by atoms with Crippen LogP contribution in [0.15, 0.2) is 0 Å². The summed E-state index contributed by atoms with van der Waals surface area (Å²) in [5.41, 5.74) is 0. The molecule has 0 spiro atoms. The van der Waals surface area contributed by atoms with Gasteiger partial charge in [-0.1, -0.05) is 0 Å². The maximum absolute atomic E-state index is 9.53. The lowest BCUT2D eigenvalue weighted by atomic mass is 10.8. The summed E-state index contributed by atoms with van der Waals surface area (Å²) in [4.78, 5) is 13.4. The molecule has 3 heteroatoms. The van der Waals surface area contributed by atoms with Crippen molar-refractivity contribution >= 4 is 5.97 Å². The molecule has 0 fully saturated rings. The average molecular weight is 76.1 g/mol. The third-order valence-corrected chi connectivity index (χ3v) is 0.203. The van der Waals surface area contributed by atoms with E-state index in [4.69, 9.17) is 0 Å². The minimum atomic E-state index is -0.356. The van der Waals surface area contributed by atoms with E-state index in [2.05, 4.69) is 10.7 Å². The molecule has 0 heterocycles. The maximum atomic E-state index is 9.53. The first kappa shape index (κ1) is 4.43. The van der Waals surface area contributed by atoms with Gasteiger partial charge in [-0.25, -0.2) is 4.79 Å². The molecule has 5 heavy (non-hydrogen) atoms. The zero-order valence-corrected chi connectivity index (χ0v) is 3.02. The van der Waals surface area contributed by atoms with E-state index in [1.807, 2.05) is 0 Å². The van der Waals surface area contributed by atoms with E-state index in [9.17, 15) is 4.79 Å². The fourth-order valence-electron chi connectivity index (χ4n) is 0. The molecule has 0 aromatic heterocycles. The highest BCUT2D eigenvalue weighted by Gasteiger charge is 1.81. The van der Waals surface area contributed by atoms with Crippen molar-refractivity contribution in [3.05, 3.63) is 0 Å². The molecule has 0 aliphatic heterocycles. The molecule has 0 radical (unpaired) electrons. The van der Waals surface area contributed by atoms with Gasteiger partial charge in [-0.2, -0.15) is 5.90 Å². The van der Waals surface area contributed by atoms with Crippen LogP contribution in [0.2, 0.25) is 0 Å². The number of hydrogen-bond donors (Lipinski definition) is 1. The van der Waals surface area contributed by atoms with Gasteiger partial charge in [0.1, 0.15) is 0 Å². The Morgan fingerprint density at radius 2 is 2.20 bits per heavy atom. The van der Waals surface area contributed by atoms with Crippen LogP contribution in [-0.2, 0) is 9.63 Å². The topological polar surface area (TPSA) is 53.9 Å². The molecule has 30 valence electrons. The number of carbonyl (C=O) groups excluding carboxylic acids is 1. The van der Waals surface area contributed by atoms with Gasteiger partial charge in [-0.05, 0) is 0 Å². The molecule has 0 bridgehead atoms. The SMILES string of the molecule is CC(=O)O[NH3+]. The smallest absolute Gasteiger partial charge is 0.282 e. The van der Waals surface area contributed by atoms with Crippen LogP contribution in [0, 0.1) is 0 Å². The van der Waals surface area contributed by atoms with Crippen molar-refractivity contribution in [2.45, 2.75) is 6.92 Å². The molecule has 0 atom stereocenters. The summed E-state index contributed by atoms with van der Waals surface area (Å²) in [5.74, 6) is 2.48. The number of quaternary nitrogens is 1. The fourth-order valence-corrected chi connectivity index (χ4v) is 0. The van der Waals surface area contributed by atoms with Gasteiger partial charge < -0.3 is 0 Å². The molecule has 3 nitrogen and oxygen atoms in total. The standard InChI is InChI=1S/C2H6NO2/c1-2(4)5-3/h1,3H3/q+1. The Labute approximate surface area is 29.7 Å². The third kappa shape index (κ3) is 3.43. The van der Waals surface area contributed by atoms with E-state index in [0.29, 0.717) is 0 Å². The Morgan fingerprint density at radius 3 is 2.20 bits per heavy atom. The predicted molar refractivity (Wildman–Crippen MR) is 14.7 cm³/mol. The van der Waals surface area contributed by atoms with Gasteiger partial charge in [0.05, 0.1) is 0 Å². The first-order valence-electron chi connectivity index (χ1n) is 1.20. The molecule has 0 amide bonds. The van der Waals surface area contributed by atoms with Crippen LogP contribution in [0.3, 0.4) is 0 Å². The molecular weight excluding hydrogens is 70.0 g/mol. The van der Waals surface area contributed by atoms with Crippen molar-refractivity contribution in [3.63, 3.8) is 0 Å². The molecule has 0 saturated carbocycles. The number of rotatable bonds is 0. The summed E-state index contributed by atoms with van der Waals surface area (Å²) in [6.45, 7) is 1.30. The van der Waals surface area contributed by atoms with E-state index >= 15 is 0 Å². The largest absolute Gasteiger partial charge is 0.363 e. The highest BCUT2D eigenvalue weighted by atomic mass is 16.7. The fraction of sp³-hybridized carbons (Fsp3) is 0.500. The third-order valence-electron chi connectivity index (χ3n) is 0.203. The molecule has 0 saturated heterocycles. The molecule has 0 aliphatic rings. The van der Waals surface area contributed by atoms with E-state index in [-0.39, 0.29) is 5.97 Å². The number of hydrogen-bond acceptors (Lipinski definition) is 2. The van der Waals surface area contributed by atoms with Crippen molar-refractivity contribution in [1.82, 2.24) is 0 Å². The van der Waals surface area contributed by atoms with Crippen LogP contribution in [0.5, 0.6) is 0 Å². The lowest BCUT2D eigenvalue weighted by molar-refractivity contribution is -0.656. The van der Waals surface area contributed by atoms with Gasteiger partial charge in [-0.15, -0.1) is 0 Å². The van der Waals surface area contributed by atoms with E-state index < -0.39 is 0 Å². The van der Waals surface area contributed by atoms with Crippen molar-refractivity contribution < 1.29 is 15.5 Å². The maximum Gasteiger partial charge on any atom is 0.363 e. The van der Waals surface area contributed by atoms with Crippen LogP contribution < -0.4 is 5.90 Å². The van der Waals surface area contributed by atoms with Crippen LogP contribution in [-0.4, -0.2) is 5.97 Å². The molecule has 0 unspecified atom stereocenters. The van der Waals surface area contributed by atoms with Crippen molar-refractivity contribution in [1.29, 1.82) is 0 Å². The normalized spacial score (nSPS) is 6.80. The summed E-state index contributed by atoms with van der Waals surface area (Å²) in [6.07, 6.45) is 0. The summed E-state index contributed by atoms with van der Waals surface area (Å²) < 4.78 is 0. The van der Waals surface area contributed by atoms with Gasteiger partial charge in [-0.3, -0.25) is 4.84 Å². The predicted octanol–water partition coefficient (Wildman–Crippen LogP) is -1.29. The molecular formula is C2H6NO2+. The first-order valence-corrected chi connectivity index (χ1v) is 1.20. The summed E-state index contributed by atoms with van der Waals surface area (Å²) >= 11 is 0. The number of carbonyl (C=O) groups is 1. The highest BCUT2D eigenvalue weighted by molar-refractivity contribution is 5.64. The molecule has 0 aromatic carbocycles. The minimum Gasteiger partial charge on any atom is -0.282 e. The Balaban J connectivity index is 2.85. The molecule has 0 aromatic rings. The summed E-state index contributed by atoms with van der Waals surface area (Å²) in [6, 6.07) is 0. The Hall–Kier alpha value is -0.570. The second-order valence-electron chi connectivity index (χ2n) is 0.636.